The van der Waals surface area contributed by atoms with Crippen LogP contribution in [0.5, 0.6) is 0 Å². The van der Waals surface area contributed by atoms with Crippen molar-refractivity contribution in [1.29, 1.82) is 0 Å². The lowest BCUT2D eigenvalue weighted by Gasteiger charge is -2.14. The van der Waals surface area contributed by atoms with Crippen molar-refractivity contribution in [1.82, 2.24) is 0 Å². The van der Waals surface area contributed by atoms with Crippen molar-refractivity contribution < 1.29 is 0 Å². The molecule has 1 aromatic carbocycles. The van der Waals surface area contributed by atoms with E-state index in [0.717, 1.165) is 17.2 Å². The Kier molecular flexibility index (Phi) is 2.97. The van der Waals surface area contributed by atoms with Crippen molar-refractivity contribution in [3.8, 4) is 12.3 Å². The third kappa shape index (κ3) is 3.02. The van der Waals surface area contributed by atoms with Crippen LogP contribution in [0.25, 0.3) is 0 Å². The van der Waals surface area contributed by atoms with Gasteiger partial charge in [0.15, 0.2) is 0 Å². The molecule has 0 radical (unpaired) electrons. The first-order valence-electron chi connectivity index (χ1n) is 5.61. The summed E-state index contributed by atoms with van der Waals surface area (Å²) in [7, 11) is 0. The molecule has 0 saturated heterocycles. The molecule has 0 aliphatic heterocycles. The predicted octanol–water partition coefficient (Wildman–Crippen LogP) is 3.27. The van der Waals surface area contributed by atoms with Crippen molar-refractivity contribution in [2.75, 3.05) is 5.32 Å². The molecule has 0 bridgehead atoms. The Hall–Kier alpha value is -1.42. The number of hydrogen-bond acceptors (Lipinski definition) is 1. The zero-order chi connectivity index (χ0) is 10.7. The smallest absolute Gasteiger partial charge is 0.0354 e. The molecule has 1 aliphatic rings. The molecule has 1 N–H and O–H groups in total. The van der Waals surface area contributed by atoms with Crippen LogP contribution in [0.2, 0.25) is 0 Å². The summed E-state index contributed by atoms with van der Waals surface area (Å²) in [6.45, 7) is 2.24. The van der Waals surface area contributed by atoms with Crippen LogP contribution in [-0.4, -0.2) is 6.04 Å². The summed E-state index contributed by atoms with van der Waals surface area (Å²) in [5.74, 6) is 3.62. The minimum Gasteiger partial charge on any atom is -0.383 e. The Balaban J connectivity index is 1.93. The third-order valence-electron chi connectivity index (χ3n) is 2.83. The standard InChI is InChI=1S/C14H17N/c1-3-12-5-4-6-14(10-12)15-11(2)9-13-7-8-13/h1,4-6,10-11,13,15H,7-9H2,2H3. The molecule has 0 aromatic heterocycles. The molecule has 0 heterocycles. The summed E-state index contributed by atoms with van der Waals surface area (Å²) < 4.78 is 0. The van der Waals surface area contributed by atoms with Gasteiger partial charge in [-0.05, 0) is 37.5 Å². The Labute approximate surface area is 91.9 Å². The number of nitrogens with one attached hydrogen (secondary N) is 1. The highest BCUT2D eigenvalue weighted by Crippen LogP contribution is 2.34. The van der Waals surface area contributed by atoms with E-state index < -0.39 is 0 Å². The lowest BCUT2D eigenvalue weighted by molar-refractivity contribution is 0.642. The van der Waals surface area contributed by atoms with Gasteiger partial charge in [-0.25, -0.2) is 0 Å². The van der Waals surface area contributed by atoms with Gasteiger partial charge in [-0.1, -0.05) is 24.8 Å². The van der Waals surface area contributed by atoms with Crippen LogP contribution in [0.4, 0.5) is 5.69 Å². The predicted molar refractivity (Wildman–Crippen MR) is 64.8 cm³/mol. The van der Waals surface area contributed by atoms with E-state index in [1.165, 1.54) is 19.3 Å². The van der Waals surface area contributed by atoms with Gasteiger partial charge in [-0.2, -0.15) is 0 Å². The van der Waals surface area contributed by atoms with Crippen LogP contribution in [-0.2, 0) is 0 Å². The molecular weight excluding hydrogens is 182 g/mol. The first-order chi connectivity index (χ1) is 7.28. The quantitative estimate of drug-likeness (QED) is 0.734. The maximum absolute atomic E-state index is 5.36. The van der Waals surface area contributed by atoms with Crippen LogP contribution < -0.4 is 5.32 Å². The lowest BCUT2D eigenvalue weighted by atomic mass is 10.1. The van der Waals surface area contributed by atoms with Crippen LogP contribution in [0.15, 0.2) is 24.3 Å². The second-order valence-corrected chi connectivity index (χ2v) is 4.45. The molecular formula is C14H17N. The lowest BCUT2D eigenvalue weighted by Crippen LogP contribution is -2.15. The Morgan fingerprint density at radius 1 is 1.53 bits per heavy atom. The van der Waals surface area contributed by atoms with E-state index in [9.17, 15) is 0 Å². The maximum atomic E-state index is 5.36. The van der Waals surface area contributed by atoms with Gasteiger partial charge < -0.3 is 5.32 Å². The van der Waals surface area contributed by atoms with Crippen LogP contribution in [0.1, 0.15) is 31.7 Å². The van der Waals surface area contributed by atoms with Gasteiger partial charge >= 0.3 is 0 Å². The molecule has 0 amide bonds. The molecule has 2 rings (SSSR count). The largest absolute Gasteiger partial charge is 0.383 e. The fourth-order valence-electron chi connectivity index (χ4n) is 1.90. The van der Waals surface area contributed by atoms with E-state index in [1.54, 1.807) is 0 Å². The number of terminal acetylenes is 1. The van der Waals surface area contributed by atoms with E-state index in [1.807, 2.05) is 18.2 Å². The third-order valence-corrected chi connectivity index (χ3v) is 2.83. The molecule has 1 saturated carbocycles. The van der Waals surface area contributed by atoms with Gasteiger partial charge in [0.05, 0.1) is 0 Å². The van der Waals surface area contributed by atoms with Crippen LogP contribution >= 0.6 is 0 Å². The van der Waals surface area contributed by atoms with Gasteiger partial charge in [-0.3, -0.25) is 0 Å². The first kappa shape index (κ1) is 10.1. The first-order valence-corrected chi connectivity index (χ1v) is 5.61. The Morgan fingerprint density at radius 3 is 3.00 bits per heavy atom. The molecule has 1 aromatic rings. The second-order valence-electron chi connectivity index (χ2n) is 4.45. The van der Waals surface area contributed by atoms with Gasteiger partial charge in [0.25, 0.3) is 0 Å². The van der Waals surface area contributed by atoms with Crippen molar-refractivity contribution in [3.05, 3.63) is 29.8 Å². The van der Waals surface area contributed by atoms with Crippen molar-refractivity contribution in [2.45, 2.75) is 32.2 Å². The number of hydrogen-bond donors (Lipinski definition) is 1. The van der Waals surface area contributed by atoms with E-state index in [-0.39, 0.29) is 0 Å². The molecule has 1 fully saturated rings. The Bertz CT molecular complexity index is 371. The normalized spacial score (nSPS) is 16.8. The summed E-state index contributed by atoms with van der Waals surface area (Å²) in [5.41, 5.74) is 2.08. The number of rotatable bonds is 4. The fraction of sp³-hybridized carbons (Fsp3) is 0.429. The average molecular weight is 199 g/mol. The molecule has 1 heteroatoms. The topological polar surface area (TPSA) is 12.0 Å². The van der Waals surface area contributed by atoms with E-state index in [4.69, 9.17) is 6.42 Å². The molecule has 1 nitrogen and oxygen atoms in total. The van der Waals surface area contributed by atoms with Gasteiger partial charge in [0.1, 0.15) is 0 Å². The monoisotopic (exact) mass is 199 g/mol. The zero-order valence-corrected chi connectivity index (χ0v) is 9.16. The molecule has 0 spiro atoms. The van der Waals surface area contributed by atoms with Crippen molar-refractivity contribution in [2.24, 2.45) is 5.92 Å². The fourth-order valence-corrected chi connectivity index (χ4v) is 1.90. The van der Waals surface area contributed by atoms with E-state index >= 15 is 0 Å². The van der Waals surface area contributed by atoms with Crippen LogP contribution in [0, 0.1) is 18.3 Å². The van der Waals surface area contributed by atoms with Crippen LogP contribution in [0.3, 0.4) is 0 Å². The van der Waals surface area contributed by atoms with Gasteiger partial charge in [-0.15, -0.1) is 6.42 Å². The molecule has 1 unspecified atom stereocenters. The van der Waals surface area contributed by atoms with E-state index in [0.29, 0.717) is 6.04 Å². The number of benzene rings is 1. The molecule has 1 atom stereocenters. The van der Waals surface area contributed by atoms with E-state index in [2.05, 4.69) is 24.2 Å². The average Bonchev–Trinajstić information content (AvgIpc) is 3.02. The Morgan fingerprint density at radius 2 is 2.33 bits per heavy atom. The second kappa shape index (κ2) is 4.40. The zero-order valence-electron chi connectivity index (χ0n) is 9.16. The van der Waals surface area contributed by atoms with Gasteiger partial charge in [0.2, 0.25) is 0 Å². The molecule has 1 aliphatic carbocycles. The highest BCUT2D eigenvalue weighted by molar-refractivity contribution is 5.50. The summed E-state index contributed by atoms with van der Waals surface area (Å²) >= 11 is 0. The molecule has 15 heavy (non-hydrogen) atoms. The summed E-state index contributed by atoms with van der Waals surface area (Å²) in [6.07, 6.45) is 9.47. The highest BCUT2D eigenvalue weighted by atomic mass is 14.9. The van der Waals surface area contributed by atoms with Gasteiger partial charge in [0, 0.05) is 17.3 Å². The van der Waals surface area contributed by atoms with Crippen molar-refractivity contribution >= 4 is 5.69 Å². The molecule has 78 valence electrons. The number of anilines is 1. The minimum atomic E-state index is 0.547. The minimum absolute atomic E-state index is 0.547. The maximum Gasteiger partial charge on any atom is 0.0354 e. The summed E-state index contributed by atoms with van der Waals surface area (Å²) in [4.78, 5) is 0. The summed E-state index contributed by atoms with van der Waals surface area (Å²) in [6, 6.07) is 8.61. The van der Waals surface area contributed by atoms with Crippen molar-refractivity contribution in [3.63, 3.8) is 0 Å². The highest BCUT2D eigenvalue weighted by Gasteiger charge is 2.23. The SMILES string of the molecule is C#Cc1cccc(NC(C)CC2CC2)c1. The summed E-state index contributed by atoms with van der Waals surface area (Å²) in [5, 5.41) is 3.49.